The Labute approximate surface area is 167 Å². The first-order valence-corrected chi connectivity index (χ1v) is 10.0. The third-order valence-electron chi connectivity index (χ3n) is 3.89. The number of anilines is 1. The van der Waals surface area contributed by atoms with Crippen molar-refractivity contribution >= 4 is 35.1 Å². The highest BCUT2D eigenvalue weighted by molar-refractivity contribution is 7.99. The smallest absolute Gasteiger partial charge is 0.235 e. The molecular formula is C18H21ClN6OS. The van der Waals surface area contributed by atoms with Gasteiger partial charge in [0.1, 0.15) is 5.82 Å². The Morgan fingerprint density at radius 1 is 1.22 bits per heavy atom. The number of thioether (sulfide) groups is 1. The molecule has 2 aromatic heterocycles. The first-order valence-electron chi connectivity index (χ1n) is 8.65. The molecule has 0 aliphatic carbocycles. The fourth-order valence-electron chi connectivity index (χ4n) is 2.63. The monoisotopic (exact) mass is 404 g/mol. The molecule has 3 aromatic rings. The Kier molecular flexibility index (Phi) is 6.18. The van der Waals surface area contributed by atoms with Crippen molar-refractivity contribution in [2.45, 2.75) is 38.5 Å². The number of nitrogens with one attached hydrogen (secondary N) is 1. The average Bonchev–Trinajstić information content (AvgIpc) is 3.27. The number of carbonyl (C=O) groups is 1. The molecule has 27 heavy (non-hydrogen) atoms. The van der Waals surface area contributed by atoms with Crippen molar-refractivity contribution in [3.8, 4) is 11.4 Å². The van der Waals surface area contributed by atoms with Crippen LogP contribution in [0.2, 0.25) is 5.02 Å². The second-order valence-electron chi connectivity index (χ2n) is 6.15. The second kappa shape index (κ2) is 8.58. The van der Waals surface area contributed by atoms with Gasteiger partial charge in [-0.25, -0.2) is 4.68 Å². The fourth-order valence-corrected chi connectivity index (χ4v) is 3.56. The van der Waals surface area contributed by atoms with Crippen molar-refractivity contribution in [3.05, 3.63) is 41.6 Å². The van der Waals surface area contributed by atoms with Gasteiger partial charge < -0.3 is 9.88 Å². The summed E-state index contributed by atoms with van der Waals surface area (Å²) in [6.07, 6.45) is 1.68. The van der Waals surface area contributed by atoms with Gasteiger partial charge in [-0.3, -0.25) is 4.79 Å². The van der Waals surface area contributed by atoms with Gasteiger partial charge in [-0.15, -0.1) is 10.2 Å². The van der Waals surface area contributed by atoms with E-state index in [1.54, 1.807) is 16.9 Å². The summed E-state index contributed by atoms with van der Waals surface area (Å²) in [5.74, 6) is 1.58. The lowest BCUT2D eigenvalue weighted by Crippen LogP contribution is -2.18. The Balaban J connectivity index is 1.68. The van der Waals surface area contributed by atoms with Crippen LogP contribution in [0.25, 0.3) is 11.4 Å². The molecular weight excluding hydrogens is 384 g/mol. The summed E-state index contributed by atoms with van der Waals surface area (Å²) in [6.45, 7) is 6.75. The van der Waals surface area contributed by atoms with Crippen LogP contribution >= 0.6 is 23.4 Å². The number of hydrogen-bond acceptors (Lipinski definition) is 5. The summed E-state index contributed by atoms with van der Waals surface area (Å²) in [5, 5.41) is 17.0. The molecule has 0 unspecified atom stereocenters. The maximum Gasteiger partial charge on any atom is 0.235 e. The number of rotatable bonds is 7. The van der Waals surface area contributed by atoms with E-state index in [0.717, 1.165) is 11.4 Å². The molecule has 0 atom stereocenters. The van der Waals surface area contributed by atoms with Crippen molar-refractivity contribution < 1.29 is 4.79 Å². The molecule has 0 spiro atoms. The number of nitrogens with zero attached hydrogens (tertiary/aromatic N) is 5. The van der Waals surface area contributed by atoms with Crippen LogP contribution in [-0.2, 0) is 11.3 Å². The molecule has 0 saturated heterocycles. The minimum absolute atomic E-state index is 0.110. The lowest BCUT2D eigenvalue weighted by Gasteiger charge is -2.11. The van der Waals surface area contributed by atoms with E-state index >= 15 is 0 Å². The Bertz CT molecular complexity index is 918. The molecule has 7 nitrogen and oxygen atoms in total. The van der Waals surface area contributed by atoms with Crippen LogP contribution in [0.3, 0.4) is 0 Å². The van der Waals surface area contributed by atoms with Gasteiger partial charge in [-0.2, -0.15) is 5.10 Å². The van der Waals surface area contributed by atoms with E-state index in [1.807, 2.05) is 49.6 Å². The normalized spacial score (nSPS) is 11.1. The molecule has 1 aromatic carbocycles. The topological polar surface area (TPSA) is 77.6 Å². The predicted octanol–water partition coefficient (Wildman–Crippen LogP) is 4.13. The van der Waals surface area contributed by atoms with E-state index in [4.69, 9.17) is 11.6 Å². The van der Waals surface area contributed by atoms with Crippen LogP contribution in [0.4, 0.5) is 5.82 Å². The standard InChI is InChI=1S/C18H21ClN6OS/c1-4-24-17(13-5-7-14(19)8-6-13)22-23-18(24)27-11-16(26)21-15-9-10-20-25(15)12(2)3/h5-10,12H,4,11H2,1-3H3,(H,21,26). The second-order valence-corrected chi connectivity index (χ2v) is 7.53. The quantitative estimate of drug-likeness (QED) is 0.599. The van der Waals surface area contributed by atoms with Crippen LogP contribution in [0.5, 0.6) is 0 Å². The number of benzene rings is 1. The zero-order valence-electron chi connectivity index (χ0n) is 15.4. The highest BCUT2D eigenvalue weighted by Crippen LogP contribution is 2.25. The van der Waals surface area contributed by atoms with Gasteiger partial charge in [0.25, 0.3) is 0 Å². The van der Waals surface area contributed by atoms with Gasteiger partial charge >= 0.3 is 0 Å². The highest BCUT2D eigenvalue weighted by Gasteiger charge is 2.15. The molecule has 0 fully saturated rings. The molecule has 9 heteroatoms. The fraction of sp³-hybridized carbons (Fsp3) is 0.333. The van der Waals surface area contributed by atoms with Gasteiger partial charge in [0, 0.05) is 29.2 Å². The first-order chi connectivity index (χ1) is 13.0. The molecule has 3 rings (SSSR count). The van der Waals surface area contributed by atoms with Crippen molar-refractivity contribution in [2.24, 2.45) is 0 Å². The molecule has 1 N–H and O–H groups in total. The van der Waals surface area contributed by atoms with Gasteiger partial charge in [-0.1, -0.05) is 23.4 Å². The number of halogens is 1. The summed E-state index contributed by atoms with van der Waals surface area (Å²) in [6, 6.07) is 9.43. The number of carbonyl (C=O) groups excluding carboxylic acids is 1. The van der Waals surface area contributed by atoms with Crippen molar-refractivity contribution in [1.82, 2.24) is 24.5 Å². The predicted molar refractivity (Wildman–Crippen MR) is 108 cm³/mol. The number of aromatic nitrogens is 5. The van der Waals surface area contributed by atoms with E-state index in [-0.39, 0.29) is 17.7 Å². The average molecular weight is 405 g/mol. The maximum atomic E-state index is 12.3. The number of amides is 1. The van der Waals surface area contributed by atoms with Crippen molar-refractivity contribution in [3.63, 3.8) is 0 Å². The summed E-state index contributed by atoms with van der Waals surface area (Å²) in [5.41, 5.74) is 0.936. The molecule has 1 amide bonds. The summed E-state index contributed by atoms with van der Waals surface area (Å²) < 4.78 is 3.76. The molecule has 142 valence electrons. The lowest BCUT2D eigenvalue weighted by molar-refractivity contribution is -0.113. The minimum Gasteiger partial charge on any atom is -0.310 e. The third-order valence-corrected chi connectivity index (χ3v) is 5.11. The van der Waals surface area contributed by atoms with Crippen LogP contribution < -0.4 is 5.32 Å². The van der Waals surface area contributed by atoms with Crippen molar-refractivity contribution in [2.75, 3.05) is 11.1 Å². The van der Waals surface area contributed by atoms with E-state index in [9.17, 15) is 4.79 Å². The minimum atomic E-state index is -0.110. The molecule has 0 saturated carbocycles. The highest BCUT2D eigenvalue weighted by atomic mass is 35.5. The molecule has 2 heterocycles. The summed E-state index contributed by atoms with van der Waals surface area (Å²) >= 11 is 7.31. The SMILES string of the molecule is CCn1c(SCC(=O)Nc2ccnn2C(C)C)nnc1-c1ccc(Cl)cc1. The van der Waals surface area contributed by atoms with Gasteiger partial charge in [0.2, 0.25) is 5.91 Å². The Morgan fingerprint density at radius 3 is 2.63 bits per heavy atom. The molecule has 0 radical (unpaired) electrons. The van der Waals surface area contributed by atoms with E-state index in [2.05, 4.69) is 20.6 Å². The Morgan fingerprint density at radius 2 is 1.96 bits per heavy atom. The molecule has 0 bridgehead atoms. The van der Waals surface area contributed by atoms with Gasteiger partial charge in [0.05, 0.1) is 11.9 Å². The van der Waals surface area contributed by atoms with E-state index in [0.29, 0.717) is 22.5 Å². The van der Waals surface area contributed by atoms with E-state index in [1.165, 1.54) is 11.8 Å². The van der Waals surface area contributed by atoms with Crippen molar-refractivity contribution in [1.29, 1.82) is 0 Å². The van der Waals surface area contributed by atoms with Crippen LogP contribution in [0, 0.1) is 0 Å². The van der Waals surface area contributed by atoms with Crippen LogP contribution in [-0.4, -0.2) is 36.2 Å². The maximum absolute atomic E-state index is 12.3. The van der Waals surface area contributed by atoms with Crippen LogP contribution in [0.15, 0.2) is 41.7 Å². The molecule has 0 aliphatic rings. The zero-order valence-corrected chi connectivity index (χ0v) is 17.0. The molecule has 0 aliphatic heterocycles. The zero-order chi connectivity index (χ0) is 19.4. The summed E-state index contributed by atoms with van der Waals surface area (Å²) in [4.78, 5) is 12.3. The van der Waals surface area contributed by atoms with E-state index < -0.39 is 0 Å². The first kappa shape index (κ1) is 19.4. The van der Waals surface area contributed by atoms with Gasteiger partial charge in [0.15, 0.2) is 11.0 Å². The summed E-state index contributed by atoms with van der Waals surface area (Å²) in [7, 11) is 0. The third kappa shape index (κ3) is 4.51. The van der Waals surface area contributed by atoms with Crippen LogP contribution in [0.1, 0.15) is 26.8 Å². The lowest BCUT2D eigenvalue weighted by atomic mass is 10.2. The number of hydrogen-bond donors (Lipinski definition) is 1. The largest absolute Gasteiger partial charge is 0.310 e. The van der Waals surface area contributed by atoms with Gasteiger partial charge in [-0.05, 0) is 45.0 Å². The Hall–Kier alpha value is -2.32.